The zero-order valence-electron chi connectivity index (χ0n) is 20.9. The summed E-state index contributed by atoms with van der Waals surface area (Å²) >= 11 is 0. The highest BCUT2D eigenvalue weighted by molar-refractivity contribution is 5.68. The molecule has 1 saturated heterocycles. The van der Waals surface area contributed by atoms with Gasteiger partial charge in [-0.15, -0.1) is 5.06 Å². The number of hydrogen-bond donors (Lipinski definition) is 0. The highest BCUT2D eigenvalue weighted by Gasteiger charge is 2.34. The lowest BCUT2D eigenvalue weighted by atomic mass is 9.76. The molecule has 4 nitrogen and oxygen atoms in total. The lowest BCUT2D eigenvalue weighted by Gasteiger charge is -2.38. The molecule has 1 aliphatic heterocycles. The molecule has 0 spiro atoms. The van der Waals surface area contributed by atoms with Crippen LogP contribution in [0, 0.1) is 13.8 Å². The van der Waals surface area contributed by atoms with Crippen LogP contribution in [0.25, 0.3) is 11.1 Å². The predicted octanol–water partition coefficient (Wildman–Crippen LogP) is 7.41. The highest BCUT2D eigenvalue weighted by atomic mass is 16.8. The zero-order chi connectivity index (χ0) is 24.3. The van der Waals surface area contributed by atoms with Crippen molar-refractivity contribution in [3.8, 4) is 11.1 Å². The predicted molar refractivity (Wildman–Crippen MR) is 137 cm³/mol. The number of aryl methyl sites for hydroxylation is 2. The quantitative estimate of drug-likeness (QED) is 0.382. The van der Waals surface area contributed by atoms with Gasteiger partial charge in [0, 0.05) is 19.0 Å². The molecule has 0 radical (unpaired) electrons. The molecule has 1 heterocycles. The van der Waals surface area contributed by atoms with E-state index in [-0.39, 0.29) is 5.92 Å². The molecule has 0 unspecified atom stereocenters. The Balaban J connectivity index is 1.65. The maximum Gasteiger partial charge on any atom is 0.528 e. The zero-order valence-corrected chi connectivity index (χ0v) is 20.9. The van der Waals surface area contributed by atoms with Gasteiger partial charge in [-0.3, -0.25) is 0 Å². The Morgan fingerprint density at radius 2 is 1.62 bits per heavy atom. The summed E-state index contributed by atoms with van der Waals surface area (Å²) in [6.07, 6.45) is 0.249. The van der Waals surface area contributed by atoms with Gasteiger partial charge in [0.15, 0.2) is 0 Å². The molecule has 3 aromatic carbocycles. The molecule has 0 aromatic heterocycles. The van der Waals surface area contributed by atoms with Gasteiger partial charge in [-0.1, -0.05) is 78.4 Å². The molecule has 0 N–H and O–H groups in total. The van der Waals surface area contributed by atoms with Gasteiger partial charge in [0.25, 0.3) is 0 Å². The first-order valence-corrected chi connectivity index (χ1v) is 12.1. The number of rotatable bonds is 4. The highest BCUT2D eigenvalue weighted by Crippen LogP contribution is 2.41. The van der Waals surface area contributed by atoms with Gasteiger partial charge in [0.05, 0.1) is 0 Å². The van der Waals surface area contributed by atoms with Crippen molar-refractivity contribution in [1.82, 2.24) is 5.06 Å². The molecule has 178 valence electrons. The van der Waals surface area contributed by atoms with E-state index in [0.717, 1.165) is 6.42 Å². The summed E-state index contributed by atoms with van der Waals surface area (Å²) < 4.78 is 5.39. The number of carbonyl (C=O) groups excluding carboxylic acids is 1. The fourth-order valence-electron chi connectivity index (χ4n) is 4.80. The fourth-order valence-corrected chi connectivity index (χ4v) is 4.80. The summed E-state index contributed by atoms with van der Waals surface area (Å²) in [7, 11) is 0. The van der Waals surface area contributed by atoms with Crippen molar-refractivity contribution in [3.63, 3.8) is 0 Å². The molecular formula is C30H35NO3. The molecule has 1 aliphatic rings. The van der Waals surface area contributed by atoms with Gasteiger partial charge in [-0.2, -0.15) is 0 Å². The molecule has 4 heteroatoms. The SMILES string of the molecule is Cc1ccc(C)c(-c2cccc([C@H]3CN(OC(=O)OC(C)(C)C)CC[C@@H]3c3ccccc3)c2)c1. The molecule has 0 saturated carbocycles. The molecule has 0 aliphatic carbocycles. The Morgan fingerprint density at radius 3 is 2.35 bits per heavy atom. The number of nitrogens with zero attached hydrogens (tertiary/aromatic N) is 1. The van der Waals surface area contributed by atoms with E-state index in [1.165, 1.54) is 33.4 Å². The van der Waals surface area contributed by atoms with Crippen LogP contribution < -0.4 is 0 Å². The molecule has 4 rings (SSSR count). The van der Waals surface area contributed by atoms with Gasteiger partial charge in [0.1, 0.15) is 5.60 Å². The molecule has 0 amide bonds. The van der Waals surface area contributed by atoms with E-state index in [0.29, 0.717) is 19.0 Å². The lowest BCUT2D eigenvalue weighted by molar-refractivity contribution is -0.155. The van der Waals surface area contributed by atoms with Gasteiger partial charge in [0.2, 0.25) is 0 Å². The first-order chi connectivity index (χ1) is 16.2. The Kier molecular flexibility index (Phi) is 7.08. The number of carbonyl (C=O) groups is 1. The van der Waals surface area contributed by atoms with E-state index >= 15 is 0 Å². The maximum atomic E-state index is 12.3. The Morgan fingerprint density at radius 1 is 0.882 bits per heavy atom. The summed E-state index contributed by atoms with van der Waals surface area (Å²) in [6.45, 7) is 11.1. The average molecular weight is 458 g/mol. The minimum absolute atomic E-state index is 0.184. The van der Waals surface area contributed by atoms with E-state index in [1.807, 2.05) is 20.8 Å². The standard InChI is InChI=1S/C30H35NO3/c1-21-14-15-22(2)27(18-21)24-12-9-13-25(19-24)28-20-31(34-29(32)33-30(3,4)5)17-16-26(28)23-10-7-6-8-11-23/h6-15,18-19,26,28H,16-17,20H2,1-5H3/t26-,28-/m1/s1. The first-order valence-electron chi connectivity index (χ1n) is 12.1. The fraction of sp³-hybridized carbons (Fsp3) is 0.367. The second kappa shape index (κ2) is 10.0. The summed E-state index contributed by atoms with van der Waals surface area (Å²) in [4.78, 5) is 18.0. The van der Waals surface area contributed by atoms with Gasteiger partial charge >= 0.3 is 6.16 Å². The Bertz CT molecular complexity index is 1130. The van der Waals surface area contributed by atoms with Crippen molar-refractivity contribution in [1.29, 1.82) is 0 Å². The third-order valence-corrected chi connectivity index (χ3v) is 6.42. The second-order valence-electron chi connectivity index (χ2n) is 10.3. The number of hydroxylamine groups is 2. The maximum absolute atomic E-state index is 12.3. The van der Waals surface area contributed by atoms with Crippen molar-refractivity contribution in [2.75, 3.05) is 13.1 Å². The summed E-state index contributed by atoms with van der Waals surface area (Å²) in [5.41, 5.74) is 6.99. The van der Waals surface area contributed by atoms with E-state index < -0.39 is 11.8 Å². The van der Waals surface area contributed by atoms with Crippen LogP contribution in [0.1, 0.15) is 61.3 Å². The smallest absolute Gasteiger partial charge is 0.427 e. The topological polar surface area (TPSA) is 38.8 Å². The van der Waals surface area contributed by atoms with Crippen molar-refractivity contribution in [3.05, 3.63) is 95.1 Å². The lowest BCUT2D eigenvalue weighted by Crippen LogP contribution is -2.40. The Labute approximate surface area is 203 Å². The van der Waals surface area contributed by atoms with Crippen LogP contribution in [0.3, 0.4) is 0 Å². The van der Waals surface area contributed by atoms with Crippen LogP contribution in [0.2, 0.25) is 0 Å². The Hall–Kier alpha value is -3.11. The minimum atomic E-state index is -0.645. The van der Waals surface area contributed by atoms with Crippen molar-refractivity contribution >= 4 is 6.16 Å². The van der Waals surface area contributed by atoms with Crippen LogP contribution >= 0.6 is 0 Å². The van der Waals surface area contributed by atoms with Crippen LogP contribution in [0.5, 0.6) is 0 Å². The summed E-state index contributed by atoms with van der Waals surface area (Å²) in [6, 6.07) is 26.1. The van der Waals surface area contributed by atoms with Gasteiger partial charge in [-0.05, 0) is 74.8 Å². The second-order valence-corrected chi connectivity index (χ2v) is 10.3. The van der Waals surface area contributed by atoms with Gasteiger partial charge in [-0.25, -0.2) is 4.79 Å². The number of benzene rings is 3. The largest absolute Gasteiger partial charge is 0.528 e. The number of hydrogen-bond acceptors (Lipinski definition) is 4. The van der Waals surface area contributed by atoms with E-state index in [2.05, 4.69) is 86.6 Å². The molecule has 0 bridgehead atoms. The molecule has 1 fully saturated rings. The van der Waals surface area contributed by atoms with Crippen molar-refractivity contribution < 1.29 is 14.4 Å². The third kappa shape index (κ3) is 5.87. The van der Waals surface area contributed by atoms with Gasteiger partial charge < -0.3 is 9.57 Å². The first kappa shape index (κ1) is 24.0. The van der Waals surface area contributed by atoms with Crippen LogP contribution in [0.4, 0.5) is 4.79 Å². The summed E-state index contributed by atoms with van der Waals surface area (Å²) in [5, 5.41) is 1.77. The van der Waals surface area contributed by atoms with Crippen molar-refractivity contribution in [2.24, 2.45) is 0 Å². The number of ether oxygens (including phenoxy) is 1. The molecule has 34 heavy (non-hydrogen) atoms. The normalized spacial score (nSPS) is 19.0. The van der Waals surface area contributed by atoms with E-state index in [1.54, 1.807) is 5.06 Å². The number of piperidine rings is 1. The minimum Gasteiger partial charge on any atom is -0.427 e. The average Bonchev–Trinajstić information content (AvgIpc) is 2.80. The van der Waals surface area contributed by atoms with Crippen LogP contribution in [-0.4, -0.2) is 29.9 Å². The van der Waals surface area contributed by atoms with Crippen LogP contribution in [-0.2, 0) is 9.57 Å². The molecule has 2 atom stereocenters. The monoisotopic (exact) mass is 457 g/mol. The third-order valence-electron chi connectivity index (χ3n) is 6.42. The van der Waals surface area contributed by atoms with Crippen LogP contribution in [0.15, 0.2) is 72.8 Å². The van der Waals surface area contributed by atoms with E-state index in [4.69, 9.17) is 9.57 Å². The van der Waals surface area contributed by atoms with Crippen molar-refractivity contribution in [2.45, 2.75) is 58.5 Å². The molecule has 3 aromatic rings. The molecular weight excluding hydrogens is 422 g/mol. The van der Waals surface area contributed by atoms with E-state index in [9.17, 15) is 4.79 Å². The summed E-state index contributed by atoms with van der Waals surface area (Å²) in [5.74, 6) is 0.525.